The van der Waals surface area contributed by atoms with Gasteiger partial charge in [-0.2, -0.15) is 0 Å². The molecule has 1 aromatic carbocycles. The van der Waals surface area contributed by atoms with Crippen molar-refractivity contribution >= 4 is 11.4 Å². The van der Waals surface area contributed by atoms with Crippen molar-refractivity contribution in [1.29, 1.82) is 0 Å². The van der Waals surface area contributed by atoms with Crippen LogP contribution in [0, 0.1) is 12.7 Å². The van der Waals surface area contributed by atoms with Crippen LogP contribution >= 0.6 is 0 Å². The molecule has 0 unspecified atom stereocenters. The number of hydrogen-bond acceptors (Lipinski definition) is 4. The van der Waals surface area contributed by atoms with E-state index in [1.165, 1.54) is 6.07 Å². The molecule has 3 N–H and O–H groups in total. The van der Waals surface area contributed by atoms with E-state index >= 15 is 0 Å². The lowest BCUT2D eigenvalue weighted by Gasteiger charge is -2.21. The number of rotatable bonds is 6. The van der Waals surface area contributed by atoms with Gasteiger partial charge in [-0.25, -0.2) is 4.39 Å². The molecule has 4 nitrogen and oxygen atoms in total. The summed E-state index contributed by atoms with van der Waals surface area (Å²) >= 11 is 0. The van der Waals surface area contributed by atoms with Crippen molar-refractivity contribution in [3.63, 3.8) is 0 Å². The zero-order chi connectivity index (χ0) is 12.8. The van der Waals surface area contributed by atoms with Crippen molar-refractivity contribution in [2.45, 2.75) is 6.92 Å². The van der Waals surface area contributed by atoms with Crippen LogP contribution < -0.4 is 10.6 Å². The summed E-state index contributed by atoms with van der Waals surface area (Å²) in [5.41, 5.74) is 7.53. The van der Waals surface area contributed by atoms with Gasteiger partial charge in [0, 0.05) is 13.6 Å². The Kier molecular flexibility index (Phi) is 5.18. The van der Waals surface area contributed by atoms with Crippen LogP contribution in [0.25, 0.3) is 0 Å². The van der Waals surface area contributed by atoms with E-state index in [0.29, 0.717) is 31.0 Å². The van der Waals surface area contributed by atoms with Gasteiger partial charge in [-0.05, 0) is 24.6 Å². The first-order valence-corrected chi connectivity index (χ1v) is 5.51. The molecule has 0 atom stereocenters. The molecule has 0 aliphatic rings. The number of benzene rings is 1. The highest BCUT2D eigenvalue weighted by molar-refractivity contribution is 5.68. The van der Waals surface area contributed by atoms with Gasteiger partial charge in [-0.1, -0.05) is 0 Å². The van der Waals surface area contributed by atoms with Crippen LogP contribution in [0.3, 0.4) is 0 Å². The summed E-state index contributed by atoms with van der Waals surface area (Å²) in [6.45, 7) is 3.17. The highest BCUT2D eigenvalue weighted by atomic mass is 19.1. The van der Waals surface area contributed by atoms with Crippen molar-refractivity contribution in [1.82, 2.24) is 0 Å². The summed E-state index contributed by atoms with van der Waals surface area (Å²) in [6, 6.07) is 3.05. The van der Waals surface area contributed by atoms with Crippen LogP contribution in [-0.4, -0.2) is 38.5 Å². The maximum atomic E-state index is 13.2. The lowest BCUT2D eigenvalue weighted by molar-refractivity contribution is 0.0971. The Hall–Kier alpha value is -1.33. The fourth-order valence-electron chi connectivity index (χ4n) is 1.50. The maximum absolute atomic E-state index is 13.2. The number of ether oxygens (including phenoxy) is 1. The fourth-order valence-corrected chi connectivity index (χ4v) is 1.50. The van der Waals surface area contributed by atoms with Crippen molar-refractivity contribution in [3.05, 3.63) is 23.5 Å². The molecule has 0 heterocycles. The van der Waals surface area contributed by atoms with E-state index in [-0.39, 0.29) is 12.4 Å². The van der Waals surface area contributed by atoms with E-state index in [9.17, 15) is 4.39 Å². The van der Waals surface area contributed by atoms with Crippen LogP contribution in [-0.2, 0) is 4.74 Å². The number of hydrogen-bond donors (Lipinski definition) is 2. The van der Waals surface area contributed by atoms with Gasteiger partial charge in [0.1, 0.15) is 5.82 Å². The molecule has 0 saturated carbocycles. The summed E-state index contributed by atoms with van der Waals surface area (Å²) < 4.78 is 18.4. The molecular weight excluding hydrogens is 223 g/mol. The highest BCUT2D eigenvalue weighted by Crippen LogP contribution is 2.25. The van der Waals surface area contributed by atoms with Crippen molar-refractivity contribution in [3.8, 4) is 0 Å². The molecule has 1 aromatic rings. The highest BCUT2D eigenvalue weighted by Gasteiger charge is 2.08. The van der Waals surface area contributed by atoms with E-state index in [1.54, 1.807) is 13.0 Å². The average molecular weight is 242 g/mol. The Morgan fingerprint density at radius 3 is 2.76 bits per heavy atom. The summed E-state index contributed by atoms with van der Waals surface area (Å²) in [7, 11) is 1.87. The molecule has 0 radical (unpaired) electrons. The first-order valence-electron chi connectivity index (χ1n) is 5.51. The van der Waals surface area contributed by atoms with Crippen molar-refractivity contribution in [2.75, 3.05) is 44.0 Å². The van der Waals surface area contributed by atoms with Gasteiger partial charge in [-0.3, -0.25) is 0 Å². The summed E-state index contributed by atoms with van der Waals surface area (Å²) in [4.78, 5) is 1.90. The molecule has 0 aromatic heterocycles. The monoisotopic (exact) mass is 242 g/mol. The molecule has 0 fully saturated rings. The predicted molar refractivity (Wildman–Crippen MR) is 66.7 cm³/mol. The van der Waals surface area contributed by atoms with Gasteiger partial charge in [0.2, 0.25) is 0 Å². The zero-order valence-electron chi connectivity index (χ0n) is 10.2. The Labute approximate surface area is 101 Å². The summed E-state index contributed by atoms with van der Waals surface area (Å²) in [5.74, 6) is -0.295. The number of anilines is 2. The molecule has 0 saturated heterocycles. The Bertz CT molecular complexity index is 372. The van der Waals surface area contributed by atoms with Crippen LogP contribution in [0.2, 0.25) is 0 Å². The number of aliphatic hydroxyl groups is 1. The second-order valence-corrected chi connectivity index (χ2v) is 3.92. The predicted octanol–water partition coefficient (Wildman–Crippen LogP) is 1.16. The third-order valence-electron chi connectivity index (χ3n) is 2.53. The largest absolute Gasteiger partial charge is 0.397 e. The standard InChI is InChI=1S/C12H19FN2O2/c1-9-7-12(11(14)8-10(9)13)15(2)3-5-17-6-4-16/h7-8,16H,3-6,14H2,1-2H3. The lowest BCUT2D eigenvalue weighted by Crippen LogP contribution is -2.24. The van der Waals surface area contributed by atoms with Gasteiger partial charge in [-0.15, -0.1) is 0 Å². The van der Waals surface area contributed by atoms with Crippen LogP contribution in [0.5, 0.6) is 0 Å². The third kappa shape index (κ3) is 3.87. The summed E-state index contributed by atoms with van der Waals surface area (Å²) in [5, 5.41) is 8.56. The van der Waals surface area contributed by atoms with Gasteiger partial charge < -0.3 is 20.5 Å². The number of nitrogens with two attached hydrogens (primary N) is 1. The minimum atomic E-state index is -0.295. The minimum Gasteiger partial charge on any atom is -0.397 e. The molecule has 0 amide bonds. The number of likely N-dealkylation sites (N-methyl/N-ethyl adjacent to an activating group) is 1. The van der Waals surface area contributed by atoms with Gasteiger partial charge >= 0.3 is 0 Å². The molecular formula is C12H19FN2O2. The SMILES string of the molecule is Cc1cc(N(C)CCOCCO)c(N)cc1F. The van der Waals surface area contributed by atoms with Crippen LogP contribution in [0.4, 0.5) is 15.8 Å². The zero-order valence-corrected chi connectivity index (χ0v) is 10.2. The molecule has 0 spiro atoms. The quantitative estimate of drug-likeness (QED) is 0.580. The number of nitrogen functional groups attached to an aromatic ring is 1. The molecule has 0 bridgehead atoms. The van der Waals surface area contributed by atoms with Gasteiger partial charge in [0.25, 0.3) is 0 Å². The molecule has 1 rings (SSSR count). The number of nitrogens with zero attached hydrogens (tertiary/aromatic N) is 1. The third-order valence-corrected chi connectivity index (χ3v) is 2.53. The minimum absolute atomic E-state index is 0.0154. The van der Waals surface area contributed by atoms with Crippen LogP contribution in [0.15, 0.2) is 12.1 Å². The van der Waals surface area contributed by atoms with Gasteiger partial charge in [0.15, 0.2) is 0 Å². The van der Waals surface area contributed by atoms with E-state index in [1.807, 2.05) is 11.9 Å². The fraction of sp³-hybridized carbons (Fsp3) is 0.500. The first kappa shape index (κ1) is 13.7. The molecule has 0 aliphatic heterocycles. The van der Waals surface area contributed by atoms with E-state index < -0.39 is 0 Å². The first-order chi connectivity index (χ1) is 8.06. The maximum Gasteiger partial charge on any atom is 0.128 e. The lowest BCUT2D eigenvalue weighted by atomic mass is 10.1. The number of aryl methyl sites for hydroxylation is 1. The Morgan fingerprint density at radius 2 is 2.12 bits per heavy atom. The normalized spacial score (nSPS) is 10.6. The van der Waals surface area contributed by atoms with E-state index in [2.05, 4.69) is 0 Å². The van der Waals surface area contributed by atoms with Gasteiger partial charge in [0.05, 0.1) is 31.2 Å². The Morgan fingerprint density at radius 1 is 1.41 bits per heavy atom. The second kappa shape index (κ2) is 6.42. The van der Waals surface area contributed by atoms with Crippen LogP contribution in [0.1, 0.15) is 5.56 Å². The summed E-state index contributed by atoms with van der Waals surface area (Å²) in [6.07, 6.45) is 0. The second-order valence-electron chi connectivity index (χ2n) is 3.92. The topological polar surface area (TPSA) is 58.7 Å². The molecule has 0 aliphatic carbocycles. The molecule has 5 heteroatoms. The van der Waals surface area contributed by atoms with E-state index in [4.69, 9.17) is 15.6 Å². The smallest absolute Gasteiger partial charge is 0.128 e. The number of halogens is 1. The molecule has 17 heavy (non-hydrogen) atoms. The van der Waals surface area contributed by atoms with Crippen molar-refractivity contribution < 1.29 is 14.2 Å². The molecule has 96 valence electrons. The van der Waals surface area contributed by atoms with Crippen molar-refractivity contribution in [2.24, 2.45) is 0 Å². The average Bonchev–Trinajstić information content (AvgIpc) is 2.29. The Balaban J connectivity index is 2.62. The number of aliphatic hydroxyl groups excluding tert-OH is 1. The van der Waals surface area contributed by atoms with E-state index in [0.717, 1.165) is 5.69 Å².